The van der Waals surface area contributed by atoms with E-state index in [9.17, 15) is 15.0 Å². The quantitative estimate of drug-likeness (QED) is 0.800. The van der Waals surface area contributed by atoms with Crippen molar-refractivity contribution in [3.63, 3.8) is 0 Å². The van der Waals surface area contributed by atoms with E-state index in [1.54, 1.807) is 18.2 Å². The van der Waals surface area contributed by atoms with E-state index >= 15 is 0 Å². The number of aliphatic hydroxyl groups excluding tert-OH is 1. The lowest BCUT2D eigenvalue weighted by molar-refractivity contribution is -0.226. The minimum Gasteiger partial charge on any atom is -0.478 e. The predicted molar refractivity (Wildman–Crippen MR) is 102 cm³/mol. The highest BCUT2D eigenvalue weighted by Crippen LogP contribution is 2.32. The maximum absolute atomic E-state index is 11.3. The summed E-state index contributed by atoms with van der Waals surface area (Å²) < 4.78 is 11.6. The van der Waals surface area contributed by atoms with Crippen LogP contribution in [-0.4, -0.2) is 29.4 Å². The van der Waals surface area contributed by atoms with Crippen molar-refractivity contribution in [3.8, 4) is 0 Å². The van der Waals surface area contributed by atoms with Crippen molar-refractivity contribution >= 4 is 5.97 Å². The number of aromatic carboxylic acids is 1. The third-order valence-corrected chi connectivity index (χ3v) is 4.75. The zero-order valence-electron chi connectivity index (χ0n) is 15.7. The minimum absolute atomic E-state index is 0.00512. The van der Waals surface area contributed by atoms with E-state index in [4.69, 9.17) is 9.47 Å². The fraction of sp³-hybridized carbons (Fsp3) is 0.409. The van der Waals surface area contributed by atoms with Crippen LogP contribution in [0.5, 0.6) is 0 Å². The molecule has 1 saturated heterocycles. The van der Waals surface area contributed by atoms with Crippen molar-refractivity contribution in [2.75, 3.05) is 13.2 Å². The molecule has 0 radical (unpaired) electrons. The van der Waals surface area contributed by atoms with E-state index in [1.165, 1.54) is 0 Å². The van der Waals surface area contributed by atoms with Gasteiger partial charge in [-0.3, -0.25) is 0 Å². The van der Waals surface area contributed by atoms with Gasteiger partial charge >= 0.3 is 5.97 Å². The average molecular weight is 370 g/mol. The molecule has 0 bridgehead atoms. The van der Waals surface area contributed by atoms with Crippen LogP contribution in [0.15, 0.2) is 48.5 Å². The molecule has 5 heteroatoms. The van der Waals surface area contributed by atoms with E-state index in [-0.39, 0.29) is 11.0 Å². The molecule has 1 aliphatic heterocycles. The van der Waals surface area contributed by atoms with Gasteiger partial charge in [-0.25, -0.2) is 4.79 Å². The molecule has 0 saturated carbocycles. The van der Waals surface area contributed by atoms with Gasteiger partial charge in [0.2, 0.25) is 0 Å². The van der Waals surface area contributed by atoms with Crippen molar-refractivity contribution < 1.29 is 24.5 Å². The Labute approximate surface area is 159 Å². The Morgan fingerprint density at radius 2 is 1.85 bits per heavy atom. The number of ether oxygens (including phenoxy) is 2. The Balaban J connectivity index is 1.66. The second kappa shape index (κ2) is 8.21. The van der Waals surface area contributed by atoms with Crippen LogP contribution in [0.2, 0.25) is 0 Å². The third kappa shape index (κ3) is 4.95. The third-order valence-electron chi connectivity index (χ3n) is 4.75. The Morgan fingerprint density at radius 1 is 1.15 bits per heavy atom. The molecule has 2 aromatic rings. The SMILES string of the molecule is CC1(C)COC(c2cccc([C@@H](O)CCc3ccccc3C(=O)O)c2)OC1. The first-order chi connectivity index (χ1) is 12.9. The van der Waals surface area contributed by atoms with E-state index in [2.05, 4.69) is 13.8 Å². The zero-order valence-corrected chi connectivity index (χ0v) is 15.7. The van der Waals surface area contributed by atoms with Crippen molar-refractivity contribution in [1.29, 1.82) is 0 Å². The van der Waals surface area contributed by atoms with Crippen molar-refractivity contribution in [3.05, 3.63) is 70.8 Å². The van der Waals surface area contributed by atoms with E-state index in [0.717, 1.165) is 16.7 Å². The fourth-order valence-electron chi connectivity index (χ4n) is 3.20. The van der Waals surface area contributed by atoms with Gasteiger partial charge in [0.25, 0.3) is 0 Å². The topological polar surface area (TPSA) is 76.0 Å². The Kier molecular flexibility index (Phi) is 5.95. The summed E-state index contributed by atoms with van der Waals surface area (Å²) in [5.74, 6) is -0.948. The summed E-state index contributed by atoms with van der Waals surface area (Å²) in [6, 6.07) is 14.5. The molecule has 144 valence electrons. The molecule has 1 atom stereocenters. The van der Waals surface area contributed by atoms with E-state index in [0.29, 0.717) is 26.1 Å². The lowest BCUT2D eigenvalue weighted by Crippen LogP contribution is -2.33. The number of hydrogen-bond donors (Lipinski definition) is 2. The molecule has 1 fully saturated rings. The van der Waals surface area contributed by atoms with Crippen LogP contribution in [-0.2, 0) is 15.9 Å². The normalized spacial score (nSPS) is 18.2. The summed E-state index contributed by atoms with van der Waals surface area (Å²) in [7, 11) is 0. The number of carbonyl (C=O) groups is 1. The molecule has 0 aromatic heterocycles. The monoisotopic (exact) mass is 370 g/mol. The number of benzene rings is 2. The molecule has 0 amide bonds. The summed E-state index contributed by atoms with van der Waals surface area (Å²) in [5, 5.41) is 19.9. The molecule has 0 spiro atoms. The minimum atomic E-state index is -0.948. The van der Waals surface area contributed by atoms with Crippen LogP contribution in [0.1, 0.15) is 59.7 Å². The standard InChI is InChI=1S/C22H26O5/c1-22(2)13-26-21(27-14-22)17-8-5-7-16(12-17)19(23)11-10-15-6-3-4-9-18(15)20(24)25/h3-9,12,19,21,23H,10-11,13-14H2,1-2H3,(H,24,25)/t19-/m0/s1. The molecule has 0 aliphatic carbocycles. The second-order valence-corrected chi connectivity index (χ2v) is 7.81. The van der Waals surface area contributed by atoms with Crippen molar-refractivity contribution in [2.24, 2.45) is 5.41 Å². The Bertz CT molecular complexity index is 789. The van der Waals surface area contributed by atoms with Crippen LogP contribution in [0, 0.1) is 5.41 Å². The maximum Gasteiger partial charge on any atom is 0.335 e. The highest BCUT2D eigenvalue weighted by atomic mass is 16.7. The van der Waals surface area contributed by atoms with Gasteiger partial charge in [0.15, 0.2) is 6.29 Å². The number of aliphatic hydroxyl groups is 1. The van der Waals surface area contributed by atoms with E-state index < -0.39 is 18.4 Å². The van der Waals surface area contributed by atoms with Crippen LogP contribution in [0.3, 0.4) is 0 Å². The predicted octanol–water partition coefficient (Wildman–Crippen LogP) is 4.12. The number of rotatable bonds is 6. The number of hydrogen-bond acceptors (Lipinski definition) is 4. The second-order valence-electron chi connectivity index (χ2n) is 7.81. The number of carboxylic acids is 1. The highest BCUT2D eigenvalue weighted by molar-refractivity contribution is 5.89. The van der Waals surface area contributed by atoms with Gasteiger partial charge in [-0.2, -0.15) is 0 Å². The summed E-state index contributed by atoms with van der Waals surface area (Å²) in [5.41, 5.74) is 2.67. The van der Waals surface area contributed by atoms with Gasteiger partial charge in [-0.05, 0) is 36.1 Å². The zero-order chi connectivity index (χ0) is 19.4. The van der Waals surface area contributed by atoms with Gasteiger partial charge in [-0.15, -0.1) is 0 Å². The number of aryl methyl sites for hydroxylation is 1. The molecule has 2 N–H and O–H groups in total. The molecule has 0 unspecified atom stereocenters. The van der Waals surface area contributed by atoms with Gasteiger partial charge in [0.1, 0.15) is 0 Å². The average Bonchev–Trinajstić information content (AvgIpc) is 2.66. The van der Waals surface area contributed by atoms with Crippen molar-refractivity contribution in [2.45, 2.75) is 39.1 Å². The lowest BCUT2D eigenvalue weighted by Gasteiger charge is -2.34. The first-order valence-corrected chi connectivity index (χ1v) is 9.18. The molecular formula is C22H26O5. The van der Waals surface area contributed by atoms with Gasteiger partial charge in [-0.1, -0.05) is 50.2 Å². The summed E-state index contributed by atoms with van der Waals surface area (Å²) in [4.78, 5) is 11.3. The fourth-order valence-corrected chi connectivity index (χ4v) is 3.20. The first kappa shape index (κ1) is 19.5. The highest BCUT2D eigenvalue weighted by Gasteiger charge is 2.29. The summed E-state index contributed by atoms with van der Waals surface area (Å²) in [6.45, 7) is 5.43. The van der Waals surface area contributed by atoms with Gasteiger partial charge in [0.05, 0.1) is 24.9 Å². The smallest absolute Gasteiger partial charge is 0.335 e. The molecule has 5 nitrogen and oxygen atoms in total. The Hall–Kier alpha value is -2.21. The Morgan fingerprint density at radius 3 is 2.56 bits per heavy atom. The van der Waals surface area contributed by atoms with Crippen LogP contribution >= 0.6 is 0 Å². The molecule has 27 heavy (non-hydrogen) atoms. The molecule has 2 aromatic carbocycles. The van der Waals surface area contributed by atoms with Crippen LogP contribution in [0.4, 0.5) is 0 Å². The molecule has 1 aliphatic rings. The van der Waals surface area contributed by atoms with Crippen molar-refractivity contribution in [1.82, 2.24) is 0 Å². The number of carboxylic acid groups (broad SMARTS) is 1. The van der Waals surface area contributed by atoms with Crippen LogP contribution in [0.25, 0.3) is 0 Å². The largest absolute Gasteiger partial charge is 0.478 e. The van der Waals surface area contributed by atoms with Gasteiger partial charge in [0, 0.05) is 11.0 Å². The first-order valence-electron chi connectivity index (χ1n) is 9.18. The molecular weight excluding hydrogens is 344 g/mol. The summed E-state index contributed by atoms with van der Waals surface area (Å²) >= 11 is 0. The molecule has 3 rings (SSSR count). The molecule has 1 heterocycles. The lowest BCUT2D eigenvalue weighted by atomic mass is 9.95. The van der Waals surface area contributed by atoms with Crippen LogP contribution < -0.4 is 0 Å². The maximum atomic E-state index is 11.3. The summed E-state index contributed by atoms with van der Waals surface area (Å²) in [6.07, 6.45) is -0.184. The van der Waals surface area contributed by atoms with Gasteiger partial charge < -0.3 is 19.7 Å². The van der Waals surface area contributed by atoms with E-state index in [1.807, 2.05) is 30.3 Å².